The Morgan fingerprint density at radius 2 is 1.74 bits per heavy atom. The molecule has 2 aromatic carbocycles. The van der Waals surface area contributed by atoms with Gasteiger partial charge in [0.15, 0.2) is 12.1 Å². The molecule has 0 aromatic heterocycles. The molecular formula is C20H16F3NO3. The topological polar surface area (TPSA) is 54.5 Å². The van der Waals surface area contributed by atoms with Crippen molar-refractivity contribution in [2.24, 2.45) is 5.41 Å². The normalized spacial score (nSPS) is 20.0. The van der Waals surface area contributed by atoms with Crippen LogP contribution in [-0.2, 0) is 11.0 Å². The molecule has 4 nitrogen and oxygen atoms in total. The van der Waals surface area contributed by atoms with Gasteiger partial charge in [-0.05, 0) is 37.6 Å². The lowest BCUT2D eigenvalue weighted by Crippen LogP contribution is -2.38. The quantitative estimate of drug-likeness (QED) is 0.458. The monoisotopic (exact) mass is 375 g/mol. The lowest BCUT2D eigenvalue weighted by molar-refractivity contribution is -0.137. The SMILES string of the molecule is C[C@@]1(C(=O)c2ccc(C(F)(F)F)cc2)CCN(c2ccccc2C=O)C1=O. The maximum atomic E-state index is 12.9. The van der Waals surface area contributed by atoms with E-state index in [0.717, 1.165) is 24.3 Å². The minimum Gasteiger partial charge on any atom is -0.311 e. The second-order valence-corrected chi connectivity index (χ2v) is 6.62. The summed E-state index contributed by atoms with van der Waals surface area (Å²) in [6.45, 7) is 1.73. The molecule has 0 aliphatic carbocycles. The van der Waals surface area contributed by atoms with Crippen LogP contribution < -0.4 is 4.90 Å². The summed E-state index contributed by atoms with van der Waals surface area (Å²) in [5.41, 5.74) is -1.46. The lowest BCUT2D eigenvalue weighted by Gasteiger charge is -2.23. The number of hydrogen-bond donors (Lipinski definition) is 0. The highest BCUT2D eigenvalue weighted by Gasteiger charge is 2.49. The van der Waals surface area contributed by atoms with Gasteiger partial charge in [0.05, 0.1) is 11.3 Å². The molecule has 0 spiro atoms. The Kier molecular flexibility index (Phi) is 4.63. The van der Waals surface area contributed by atoms with E-state index in [1.54, 1.807) is 24.3 Å². The van der Waals surface area contributed by atoms with E-state index < -0.39 is 28.8 Å². The number of nitrogens with zero attached hydrogens (tertiary/aromatic N) is 1. The first-order chi connectivity index (χ1) is 12.7. The Balaban J connectivity index is 1.89. The average Bonchev–Trinajstić information content (AvgIpc) is 2.96. The molecule has 1 heterocycles. The van der Waals surface area contributed by atoms with E-state index in [1.807, 2.05) is 0 Å². The van der Waals surface area contributed by atoms with Crippen molar-refractivity contribution in [2.45, 2.75) is 19.5 Å². The molecule has 3 rings (SSSR count). The van der Waals surface area contributed by atoms with Gasteiger partial charge in [-0.15, -0.1) is 0 Å². The van der Waals surface area contributed by atoms with E-state index in [1.165, 1.54) is 11.8 Å². The molecule has 1 aliphatic heterocycles. The number of hydrogen-bond acceptors (Lipinski definition) is 3. The van der Waals surface area contributed by atoms with Gasteiger partial charge >= 0.3 is 6.18 Å². The van der Waals surface area contributed by atoms with Crippen molar-refractivity contribution in [3.8, 4) is 0 Å². The summed E-state index contributed by atoms with van der Waals surface area (Å²) in [5, 5.41) is 0. The third-order valence-electron chi connectivity index (χ3n) is 4.88. The summed E-state index contributed by atoms with van der Waals surface area (Å²) in [6, 6.07) is 10.4. The van der Waals surface area contributed by atoms with Crippen molar-refractivity contribution < 1.29 is 27.6 Å². The van der Waals surface area contributed by atoms with Crippen molar-refractivity contribution in [3.63, 3.8) is 0 Å². The summed E-state index contributed by atoms with van der Waals surface area (Å²) in [6.07, 6.45) is -3.65. The fraction of sp³-hybridized carbons (Fsp3) is 0.250. The van der Waals surface area contributed by atoms with Crippen LogP contribution in [0.25, 0.3) is 0 Å². The van der Waals surface area contributed by atoms with Crippen LogP contribution in [0, 0.1) is 5.41 Å². The zero-order valence-electron chi connectivity index (χ0n) is 14.4. The molecule has 0 unspecified atom stereocenters. The molecule has 140 valence electrons. The molecule has 1 fully saturated rings. The largest absolute Gasteiger partial charge is 0.416 e. The Bertz CT molecular complexity index is 905. The van der Waals surface area contributed by atoms with Crippen molar-refractivity contribution in [1.82, 2.24) is 0 Å². The number of aldehydes is 1. The maximum absolute atomic E-state index is 12.9. The summed E-state index contributed by atoms with van der Waals surface area (Å²) < 4.78 is 38.1. The predicted molar refractivity (Wildman–Crippen MR) is 92.7 cm³/mol. The van der Waals surface area contributed by atoms with Gasteiger partial charge in [0, 0.05) is 17.7 Å². The Hall–Kier alpha value is -2.96. The van der Waals surface area contributed by atoms with Crippen LogP contribution in [-0.4, -0.2) is 24.5 Å². The van der Waals surface area contributed by atoms with Gasteiger partial charge < -0.3 is 4.90 Å². The lowest BCUT2D eigenvalue weighted by atomic mass is 9.80. The van der Waals surface area contributed by atoms with E-state index in [9.17, 15) is 27.6 Å². The number of carbonyl (C=O) groups is 3. The Morgan fingerprint density at radius 3 is 2.33 bits per heavy atom. The molecule has 27 heavy (non-hydrogen) atoms. The highest BCUT2D eigenvalue weighted by molar-refractivity contribution is 6.19. The van der Waals surface area contributed by atoms with Crippen LogP contribution in [0.4, 0.5) is 18.9 Å². The van der Waals surface area contributed by atoms with Crippen LogP contribution in [0.15, 0.2) is 48.5 Å². The fourth-order valence-electron chi connectivity index (χ4n) is 3.24. The molecule has 2 aromatic rings. The van der Waals surface area contributed by atoms with Gasteiger partial charge in [0.1, 0.15) is 5.41 Å². The minimum atomic E-state index is -4.50. The van der Waals surface area contributed by atoms with Crippen molar-refractivity contribution >= 4 is 23.7 Å². The van der Waals surface area contributed by atoms with Gasteiger partial charge in [-0.1, -0.05) is 24.3 Å². The van der Waals surface area contributed by atoms with Crippen LogP contribution >= 0.6 is 0 Å². The number of benzene rings is 2. The third kappa shape index (κ3) is 3.25. The molecule has 0 bridgehead atoms. The average molecular weight is 375 g/mol. The third-order valence-corrected chi connectivity index (χ3v) is 4.88. The molecule has 0 N–H and O–H groups in total. The molecule has 1 saturated heterocycles. The first kappa shape index (κ1) is 18.8. The number of halogens is 3. The van der Waals surface area contributed by atoms with Gasteiger partial charge in [-0.2, -0.15) is 13.2 Å². The predicted octanol–water partition coefficient (Wildman–Crippen LogP) is 4.14. The van der Waals surface area contributed by atoms with Crippen molar-refractivity contribution in [2.75, 3.05) is 11.4 Å². The molecule has 0 radical (unpaired) electrons. The fourth-order valence-corrected chi connectivity index (χ4v) is 3.24. The van der Waals surface area contributed by atoms with Crippen molar-refractivity contribution in [3.05, 3.63) is 65.2 Å². The van der Waals surface area contributed by atoms with Crippen LogP contribution in [0.5, 0.6) is 0 Å². The zero-order chi connectivity index (χ0) is 19.8. The molecular weight excluding hydrogens is 359 g/mol. The minimum absolute atomic E-state index is 0.0457. The summed E-state index contributed by atoms with van der Waals surface area (Å²) in [5.74, 6) is -1.01. The van der Waals surface area contributed by atoms with E-state index in [0.29, 0.717) is 17.5 Å². The standard InChI is InChI=1S/C20H16F3NO3/c1-19(17(26)13-6-8-15(9-7-13)20(21,22)23)10-11-24(18(19)27)16-5-3-2-4-14(16)12-25/h2-9,12H,10-11H2,1H3/t19-/m0/s1. The van der Waals surface area contributed by atoms with Crippen LogP contribution in [0.3, 0.4) is 0 Å². The first-order valence-corrected chi connectivity index (χ1v) is 8.27. The van der Waals surface area contributed by atoms with Crippen LogP contribution in [0.2, 0.25) is 0 Å². The number of rotatable bonds is 4. The smallest absolute Gasteiger partial charge is 0.311 e. The van der Waals surface area contributed by atoms with Gasteiger partial charge in [0.25, 0.3) is 0 Å². The summed E-state index contributed by atoms with van der Waals surface area (Å²) in [4.78, 5) is 38.4. The van der Waals surface area contributed by atoms with Crippen molar-refractivity contribution in [1.29, 1.82) is 0 Å². The zero-order valence-corrected chi connectivity index (χ0v) is 14.4. The van der Waals surface area contributed by atoms with Gasteiger partial charge in [-0.3, -0.25) is 14.4 Å². The number of ketones is 1. The van der Waals surface area contributed by atoms with Crippen LogP contribution in [0.1, 0.15) is 39.6 Å². The highest BCUT2D eigenvalue weighted by atomic mass is 19.4. The number of anilines is 1. The second kappa shape index (κ2) is 6.64. The Labute approximate surface area is 153 Å². The summed E-state index contributed by atoms with van der Waals surface area (Å²) >= 11 is 0. The first-order valence-electron chi connectivity index (χ1n) is 8.27. The van der Waals surface area contributed by atoms with E-state index in [-0.39, 0.29) is 18.5 Å². The molecule has 1 atom stereocenters. The van der Waals surface area contributed by atoms with Gasteiger partial charge in [0.2, 0.25) is 5.91 Å². The Morgan fingerprint density at radius 1 is 1.11 bits per heavy atom. The summed E-state index contributed by atoms with van der Waals surface area (Å²) in [7, 11) is 0. The number of para-hydroxylation sites is 1. The van der Waals surface area contributed by atoms with E-state index in [4.69, 9.17) is 0 Å². The second-order valence-electron chi connectivity index (χ2n) is 6.62. The van der Waals surface area contributed by atoms with E-state index in [2.05, 4.69) is 0 Å². The molecule has 1 aliphatic rings. The maximum Gasteiger partial charge on any atom is 0.416 e. The molecule has 7 heteroatoms. The molecule has 0 saturated carbocycles. The van der Waals surface area contributed by atoms with Gasteiger partial charge in [-0.25, -0.2) is 0 Å². The number of carbonyl (C=O) groups excluding carboxylic acids is 3. The van der Waals surface area contributed by atoms with E-state index >= 15 is 0 Å². The molecule has 1 amide bonds. The number of Topliss-reactive ketones (excluding diaryl/α,β-unsaturated/α-hetero) is 1. The highest BCUT2D eigenvalue weighted by Crippen LogP contribution is 2.39. The number of amides is 1. The number of alkyl halides is 3.